The summed E-state index contributed by atoms with van der Waals surface area (Å²) in [6, 6.07) is 14.3. The van der Waals surface area contributed by atoms with Crippen LogP contribution in [-0.2, 0) is 4.79 Å². The normalized spacial score (nSPS) is 9.83. The molecule has 0 bridgehead atoms. The van der Waals surface area contributed by atoms with Crippen LogP contribution in [0.3, 0.4) is 0 Å². The van der Waals surface area contributed by atoms with Crippen LogP contribution in [-0.4, -0.2) is 17.6 Å². The fourth-order valence-electron chi connectivity index (χ4n) is 1.59. The molecule has 8 heteroatoms. The second-order valence-electron chi connectivity index (χ2n) is 4.33. The van der Waals surface area contributed by atoms with E-state index in [-0.39, 0.29) is 16.7 Å². The van der Waals surface area contributed by atoms with E-state index in [4.69, 9.17) is 40.2 Å². The lowest BCUT2D eigenvalue weighted by molar-refractivity contribution is -0.123. The van der Waals surface area contributed by atoms with Crippen molar-refractivity contribution >= 4 is 52.1 Å². The van der Waals surface area contributed by atoms with Crippen LogP contribution in [0.15, 0.2) is 48.5 Å². The number of carbonyl (C=O) groups excluding carboxylic acids is 1. The largest absolute Gasteiger partial charge is 0.482 e. The summed E-state index contributed by atoms with van der Waals surface area (Å²) in [5.41, 5.74) is 5.79. The number of hydrogen-bond acceptors (Lipinski definition) is 3. The Morgan fingerprint density at radius 1 is 1.04 bits per heavy atom. The maximum atomic E-state index is 11.7. The van der Waals surface area contributed by atoms with Crippen molar-refractivity contribution in [1.29, 1.82) is 0 Å². The zero-order chi connectivity index (χ0) is 16.7. The van der Waals surface area contributed by atoms with Gasteiger partial charge in [0.25, 0.3) is 5.91 Å². The first-order valence-electron chi connectivity index (χ1n) is 6.54. The van der Waals surface area contributed by atoms with Crippen LogP contribution in [0.25, 0.3) is 0 Å². The molecule has 0 radical (unpaired) electrons. The van der Waals surface area contributed by atoms with Gasteiger partial charge in [-0.15, -0.1) is 0 Å². The monoisotopic (exact) mass is 369 g/mol. The molecule has 1 amide bonds. The number of benzene rings is 2. The van der Waals surface area contributed by atoms with E-state index in [1.807, 2.05) is 30.3 Å². The molecule has 0 saturated heterocycles. The molecule has 0 aromatic heterocycles. The first-order chi connectivity index (χ1) is 11.1. The van der Waals surface area contributed by atoms with Gasteiger partial charge in [0.1, 0.15) is 10.8 Å². The Hall–Kier alpha value is -2.02. The van der Waals surface area contributed by atoms with Gasteiger partial charge >= 0.3 is 0 Å². The third kappa shape index (κ3) is 5.59. The van der Waals surface area contributed by atoms with Gasteiger partial charge in [0.2, 0.25) is 0 Å². The average Bonchev–Trinajstić information content (AvgIpc) is 2.55. The fourth-order valence-corrected chi connectivity index (χ4v) is 2.10. The molecule has 5 nitrogen and oxygen atoms in total. The van der Waals surface area contributed by atoms with Gasteiger partial charge in [0, 0.05) is 5.69 Å². The summed E-state index contributed by atoms with van der Waals surface area (Å²) in [5, 5.41) is 3.79. The topological polar surface area (TPSA) is 62.4 Å². The molecule has 0 aliphatic rings. The molecule has 0 aliphatic carbocycles. The third-order valence-electron chi connectivity index (χ3n) is 2.62. The van der Waals surface area contributed by atoms with Crippen molar-refractivity contribution in [3.05, 3.63) is 58.6 Å². The number of rotatable bonds is 4. The van der Waals surface area contributed by atoms with Crippen molar-refractivity contribution in [2.75, 3.05) is 11.9 Å². The van der Waals surface area contributed by atoms with Gasteiger partial charge in [-0.25, -0.2) is 0 Å². The van der Waals surface area contributed by atoms with Crippen LogP contribution in [0.4, 0.5) is 5.69 Å². The number of thiocarbonyl (C=S) groups is 1. The Morgan fingerprint density at radius 3 is 2.52 bits per heavy atom. The van der Waals surface area contributed by atoms with Crippen molar-refractivity contribution in [2.45, 2.75) is 0 Å². The smallest absolute Gasteiger partial charge is 0.276 e. The minimum atomic E-state index is -0.418. The van der Waals surface area contributed by atoms with E-state index < -0.39 is 5.91 Å². The van der Waals surface area contributed by atoms with Crippen LogP contribution in [0.1, 0.15) is 0 Å². The van der Waals surface area contributed by atoms with Crippen LogP contribution < -0.4 is 20.9 Å². The SMILES string of the molecule is O=C(COc1cccc(Cl)c1Cl)NNC(=S)Nc1ccccc1. The Labute approximate surface area is 148 Å². The Kier molecular flexibility index (Phi) is 6.46. The fraction of sp³-hybridized carbons (Fsp3) is 0.0667. The molecule has 2 rings (SSSR count). The number of halogens is 2. The van der Waals surface area contributed by atoms with E-state index >= 15 is 0 Å². The zero-order valence-electron chi connectivity index (χ0n) is 11.8. The number of anilines is 1. The highest BCUT2D eigenvalue weighted by Gasteiger charge is 2.08. The minimum absolute atomic E-state index is 0.235. The molecule has 0 atom stereocenters. The number of para-hydroxylation sites is 1. The maximum absolute atomic E-state index is 11.7. The highest BCUT2D eigenvalue weighted by Crippen LogP contribution is 2.31. The van der Waals surface area contributed by atoms with Crippen molar-refractivity contribution in [3.63, 3.8) is 0 Å². The Morgan fingerprint density at radius 2 is 1.78 bits per heavy atom. The van der Waals surface area contributed by atoms with Crippen LogP contribution in [0.5, 0.6) is 5.75 Å². The van der Waals surface area contributed by atoms with Gasteiger partial charge < -0.3 is 10.1 Å². The van der Waals surface area contributed by atoms with E-state index in [9.17, 15) is 4.79 Å². The molecular weight excluding hydrogens is 357 g/mol. The number of amides is 1. The third-order valence-corrected chi connectivity index (χ3v) is 3.63. The van der Waals surface area contributed by atoms with Gasteiger partial charge in [-0.1, -0.05) is 47.5 Å². The van der Waals surface area contributed by atoms with Crippen molar-refractivity contribution in [3.8, 4) is 5.75 Å². The minimum Gasteiger partial charge on any atom is -0.482 e. The number of carbonyl (C=O) groups is 1. The second kappa shape index (κ2) is 8.57. The van der Waals surface area contributed by atoms with E-state index in [0.717, 1.165) is 5.69 Å². The lowest BCUT2D eigenvalue weighted by Gasteiger charge is -2.12. The van der Waals surface area contributed by atoms with E-state index in [2.05, 4.69) is 16.2 Å². The second-order valence-corrected chi connectivity index (χ2v) is 5.53. The van der Waals surface area contributed by atoms with Crippen molar-refractivity contribution < 1.29 is 9.53 Å². The first kappa shape index (κ1) is 17.3. The van der Waals surface area contributed by atoms with Gasteiger partial charge in [-0.2, -0.15) is 0 Å². The summed E-state index contributed by atoms with van der Waals surface area (Å²) < 4.78 is 5.30. The molecule has 0 aliphatic heterocycles. The summed E-state index contributed by atoms with van der Waals surface area (Å²) in [6.45, 7) is -0.235. The highest BCUT2D eigenvalue weighted by molar-refractivity contribution is 7.80. The van der Waals surface area contributed by atoms with Gasteiger partial charge in [0.05, 0.1) is 5.02 Å². The van der Waals surface area contributed by atoms with Gasteiger partial charge in [0.15, 0.2) is 11.7 Å². The quantitative estimate of drug-likeness (QED) is 0.569. The standard InChI is InChI=1S/C15H13Cl2N3O2S/c16-11-7-4-8-12(14(11)17)22-9-13(21)19-20-15(23)18-10-5-2-1-3-6-10/h1-8H,9H2,(H,19,21)(H2,18,20,23). The van der Waals surface area contributed by atoms with Gasteiger partial charge in [-0.3, -0.25) is 15.6 Å². The van der Waals surface area contributed by atoms with E-state index in [0.29, 0.717) is 10.8 Å². The molecule has 0 unspecified atom stereocenters. The number of nitrogens with one attached hydrogen (secondary N) is 3. The Bertz CT molecular complexity index is 698. The zero-order valence-corrected chi connectivity index (χ0v) is 14.1. The number of ether oxygens (including phenoxy) is 1. The summed E-state index contributed by atoms with van der Waals surface area (Å²) in [5.74, 6) is -0.0856. The van der Waals surface area contributed by atoms with Crippen molar-refractivity contribution in [1.82, 2.24) is 10.9 Å². The number of hydrazine groups is 1. The average molecular weight is 370 g/mol. The van der Waals surface area contributed by atoms with Gasteiger partial charge in [-0.05, 0) is 36.5 Å². The summed E-state index contributed by atoms with van der Waals surface area (Å²) >= 11 is 16.9. The van der Waals surface area contributed by atoms with E-state index in [1.54, 1.807) is 18.2 Å². The predicted molar refractivity (Wildman–Crippen MR) is 95.9 cm³/mol. The van der Waals surface area contributed by atoms with Crippen LogP contribution in [0.2, 0.25) is 10.0 Å². The highest BCUT2D eigenvalue weighted by atomic mass is 35.5. The molecule has 3 N–H and O–H groups in total. The summed E-state index contributed by atoms with van der Waals surface area (Å²) in [4.78, 5) is 11.7. The summed E-state index contributed by atoms with van der Waals surface area (Å²) in [7, 11) is 0. The molecule has 0 spiro atoms. The lowest BCUT2D eigenvalue weighted by atomic mass is 10.3. The molecule has 2 aromatic rings. The first-order valence-corrected chi connectivity index (χ1v) is 7.70. The molecule has 2 aromatic carbocycles. The summed E-state index contributed by atoms with van der Waals surface area (Å²) in [6.07, 6.45) is 0. The van der Waals surface area contributed by atoms with Crippen molar-refractivity contribution in [2.24, 2.45) is 0 Å². The Balaban J connectivity index is 1.75. The predicted octanol–water partition coefficient (Wildman–Crippen LogP) is 3.39. The molecular formula is C15H13Cl2N3O2S. The molecule has 0 heterocycles. The van der Waals surface area contributed by atoms with Crippen LogP contribution >= 0.6 is 35.4 Å². The molecule has 0 fully saturated rings. The molecule has 23 heavy (non-hydrogen) atoms. The van der Waals surface area contributed by atoms with Crippen LogP contribution in [0, 0.1) is 0 Å². The lowest BCUT2D eigenvalue weighted by Crippen LogP contribution is -2.45. The molecule has 120 valence electrons. The molecule has 0 saturated carbocycles. The van der Waals surface area contributed by atoms with E-state index in [1.165, 1.54) is 0 Å². The maximum Gasteiger partial charge on any atom is 0.276 e. The number of hydrogen-bond donors (Lipinski definition) is 3.